The largest absolute Gasteiger partial charge is 0.380 e. The van der Waals surface area contributed by atoms with Crippen LogP contribution < -0.4 is 5.73 Å². The molecule has 0 spiro atoms. The molecule has 1 rings (SSSR count). The first-order valence-corrected chi connectivity index (χ1v) is 3.55. The van der Waals surface area contributed by atoms with Gasteiger partial charge in [-0.2, -0.15) is 5.26 Å². The van der Waals surface area contributed by atoms with E-state index in [0.717, 1.165) is 13.0 Å². The maximum Gasteiger partial charge on any atom is 0.0625 e. The van der Waals surface area contributed by atoms with E-state index in [4.69, 9.17) is 15.7 Å². The van der Waals surface area contributed by atoms with Crippen molar-refractivity contribution in [2.24, 2.45) is 11.7 Å². The molecule has 56 valence electrons. The Morgan fingerprint density at radius 1 is 1.70 bits per heavy atom. The predicted molar refractivity (Wildman–Crippen MR) is 37.1 cm³/mol. The Morgan fingerprint density at radius 2 is 2.50 bits per heavy atom. The highest BCUT2D eigenvalue weighted by atomic mass is 16.5. The molecule has 0 aromatic rings. The van der Waals surface area contributed by atoms with Gasteiger partial charge in [0.05, 0.1) is 12.7 Å². The van der Waals surface area contributed by atoms with Gasteiger partial charge in [-0.25, -0.2) is 0 Å². The van der Waals surface area contributed by atoms with E-state index in [0.29, 0.717) is 18.9 Å². The van der Waals surface area contributed by atoms with Crippen LogP contribution in [-0.4, -0.2) is 19.3 Å². The molecular weight excluding hydrogens is 128 g/mol. The summed E-state index contributed by atoms with van der Waals surface area (Å²) in [7, 11) is 0. The lowest BCUT2D eigenvalue weighted by Gasteiger charge is -2.26. The Labute approximate surface area is 60.8 Å². The molecular formula is C7H12N2O. The van der Waals surface area contributed by atoms with Gasteiger partial charge in [-0.15, -0.1) is 0 Å². The second kappa shape index (κ2) is 3.55. The molecule has 1 heterocycles. The highest BCUT2D eigenvalue weighted by molar-refractivity contribution is 4.84. The summed E-state index contributed by atoms with van der Waals surface area (Å²) in [5.74, 6) is 0.360. The first-order chi connectivity index (χ1) is 4.84. The van der Waals surface area contributed by atoms with Crippen molar-refractivity contribution < 1.29 is 4.74 Å². The molecule has 0 radical (unpaired) electrons. The van der Waals surface area contributed by atoms with Crippen molar-refractivity contribution in [1.82, 2.24) is 0 Å². The Hall–Kier alpha value is -0.590. The maximum absolute atomic E-state index is 8.39. The van der Waals surface area contributed by atoms with Crippen LogP contribution in [0.3, 0.4) is 0 Å². The van der Waals surface area contributed by atoms with Crippen molar-refractivity contribution in [1.29, 1.82) is 5.26 Å². The number of nitrogens with two attached hydrogens (primary N) is 1. The number of ether oxygens (including phenoxy) is 1. The second-order valence-corrected chi connectivity index (χ2v) is 2.65. The van der Waals surface area contributed by atoms with E-state index in [2.05, 4.69) is 6.07 Å². The van der Waals surface area contributed by atoms with Crippen molar-refractivity contribution >= 4 is 0 Å². The molecule has 3 heteroatoms. The maximum atomic E-state index is 8.39. The van der Waals surface area contributed by atoms with Gasteiger partial charge < -0.3 is 10.5 Å². The smallest absolute Gasteiger partial charge is 0.0625 e. The Kier molecular flexibility index (Phi) is 2.67. The van der Waals surface area contributed by atoms with Crippen molar-refractivity contribution in [3.8, 4) is 6.07 Å². The van der Waals surface area contributed by atoms with Gasteiger partial charge in [0.1, 0.15) is 0 Å². The van der Waals surface area contributed by atoms with Crippen LogP contribution in [0.2, 0.25) is 0 Å². The van der Waals surface area contributed by atoms with Gasteiger partial charge in [-0.1, -0.05) is 0 Å². The fraction of sp³-hybridized carbons (Fsp3) is 0.857. The summed E-state index contributed by atoms with van der Waals surface area (Å²) in [5, 5.41) is 8.39. The van der Waals surface area contributed by atoms with Gasteiger partial charge in [0, 0.05) is 19.1 Å². The van der Waals surface area contributed by atoms with Crippen LogP contribution in [-0.2, 0) is 4.74 Å². The van der Waals surface area contributed by atoms with E-state index in [-0.39, 0.29) is 6.04 Å². The summed E-state index contributed by atoms with van der Waals surface area (Å²) in [5.41, 5.74) is 5.69. The molecule has 0 saturated carbocycles. The van der Waals surface area contributed by atoms with Crippen molar-refractivity contribution in [3.05, 3.63) is 0 Å². The SMILES string of the molecule is N#CC[C@H]1CCOC[C@@H]1N. The lowest BCUT2D eigenvalue weighted by Crippen LogP contribution is -2.39. The third kappa shape index (κ3) is 1.69. The van der Waals surface area contributed by atoms with Gasteiger partial charge in [-0.3, -0.25) is 0 Å². The summed E-state index contributed by atoms with van der Waals surface area (Å²) in [6, 6.07) is 2.21. The third-order valence-electron chi connectivity index (χ3n) is 1.90. The average Bonchev–Trinajstić information content (AvgIpc) is 1.94. The van der Waals surface area contributed by atoms with Crippen LogP contribution in [0.25, 0.3) is 0 Å². The Balaban J connectivity index is 2.34. The normalized spacial score (nSPS) is 33.2. The molecule has 0 amide bonds. The average molecular weight is 140 g/mol. The molecule has 2 atom stereocenters. The molecule has 3 nitrogen and oxygen atoms in total. The van der Waals surface area contributed by atoms with E-state index in [9.17, 15) is 0 Å². The van der Waals surface area contributed by atoms with E-state index < -0.39 is 0 Å². The minimum Gasteiger partial charge on any atom is -0.380 e. The van der Waals surface area contributed by atoms with Gasteiger partial charge in [0.15, 0.2) is 0 Å². The summed E-state index contributed by atoms with van der Waals surface area (Å²) in [4.78, 5) is 0. The van der Waals surface area contributed by atoms with Crippen molar-refractivity contribution in [2.75, 3.05) is 13.2 Å². The standard InChI is InChI=1S/C7H12N2O/c8-3-1-6-2-4-10-5-7(6)9/h6-7H,1-2,4-5,9H2/t6-,7-/m0/s1. The Morgan fingerprint density at radius 3 is 3.10 bits per heavy atom. The van der Waals surface area contributed by atoms with Crippen LogP contribution in [0.4, 0.5) is 0 Å². The van der Waals surface area contributed by atoms with Gasteiger partial charge in [0.2, 0.25) is 0 Å². The highest BCUT2D eigenvalue weighted by Gasteiger charge is 2.21. The molecule has 10 heavy (non-hydrogen) atoms. The van der Waals surface area contributed by atoms with Gasteiger partial charge in [-0.05, 0) is 12.3 Å². The van der Waals surface area contributed by atoms with Gasteiger partial charge in [0.25, 0.3) is 0 Å². The van der Waals surface area contributed by atoms with Crippen LogP contribution in [0.1, 0.15) is 12.8 Å². The van der Waals surface area contributed by atoms with Crippen molar-refractivity contribution in [3.63, 3.8) is 0 Å². The molecule has 1 aliphatic rings. The van der Waals surface area contributed by atoms with Crippen LogP contribution in [0.15, 0.2) is 0 Å². The monoisotopic (exact) mass is 140 g/mol. The van der Waals surface area contributed by atoms with Crippen LogP contribution in [0.5, 0.6) is 0 Å². The van der Waals surface area contributed by atoms with E-state index in [1.807, 2.05) is 0 Å². The molecule has 0 aromatic carbocycles. The van der Waals surface area contributed by atoms with E-state index in [1.54, 1.807) is 0 Å². The topological polar surface area (TPSA) is 59.0 Å². The lowest BCUT2D eigenvalue weighted by molar-refractivity contribution is 0.0505. The van der Waals surface area contributed by atoms with Crippen molar-refractivity contribution in [2.45, 2.75) is 18.9 Å². The zero-order valence-corrected chi connectivity index (χ0v) is 5.92. The quantitative estimate of drug-likeness (QED) is 0.568. The fourth-order valence-corrected chi connectivity index (χ4v) is 1.17. The summed E-state index contributed by atoms with van der Waals surface area (Å²) >= 11 is 0. The number of hydrogen-bond donors (Lipinski definition) is 1. The predicted octanol–water partition coefficient (Wildman–Crippen LogP) is 0.264. The van der Waals surface area contributed by atoms with Crippen LogP contribution >= 0.6 is 0 Å². The highest BCUT2D eigenvalue weighted by Crippen LogP contribution is 2.16. The molecule has 0 unspecified atom stereocenters. The Bertz CT molecular complexity index is 141. The number of nitriles is 1. The van der Waals surface area contributed by atoms with E-state index >= 15 is 0 Å². The minimum absolute atomic E-state index is 0.0772. The van der Waals surface area contributed by atoms with Crippen LogP contribution in [0, 0.1) is 17.2 Å². The number of hydrogen-bond acceptors (Lipinski definition) is 3. The summed E-state index contributed by atoms with van der Waals surface area (Å²) in [6.45, 7) is 1.38. The summed E-state index contributed by atoms with van der Waals surface area (Å²) in [6.07, 6.45) is 1.51. The lowest BCUT2D eigenvalue weighted by atomic mass is 9.93. The molecule has 0 aromatic heterocycles. The zero-order chi connectivity index (χ0) is 7.40. The van der Waals surface area contributed by atoms with E-state index in [1.165, 1.54) is 0 Å². The molecule has 2 N–H and O–H groups in total. The molecule has 1 aliphatic heterocycles. The number of nitrogens with zero attached hydrogens (tertiary/aromatic N) is 1. The fourth-order valence-electron chi connectivity index (χ4n) is 1.17. The molecule has 0 aliphatic carbocycles. The molecule has 0 bridgehead atoms. The summed E-state index contributed by atoms with van der Waals surface area (Å²) < 4.78 is 5.12. The number of rotatable bonds is 1. The third-order valence-corrected chi connectivity index (χ3v) is 1.90. The van der Waals surface area contributed by atoms with Gasteiger partial charge >= 0.3 is 0 Å². The minimum atomic E-state index is 0.0772. The second-order valence-electron chi connectivity index (χ2n) is 2.65. The molecule has 1 fully saturated rings. The first kappa shape index (κ1) is 7.52. The first-order valence-electron chi connectivity index (χ1n) is 3.55. The zero-order valence-electron chi connectivity index (χ0n) is 5.92. The molecule has 1 saturated heterocycles.